The van der Waals surface area contributed by atoms with Crippen LogP contribution >= 0.6 is 0 Å². The van der Waals surface area contributed by atoms with Crippen LogP contribution in [0.2, 0.25) is 0 Å². The van der Waals surface area contributed by atoms with Crippen LogP contribution in [-0.4, -0.2) is 36.4 Å². The average Bonchev–Trinajstić information content (AvgIpc) is 3.29. The SMILES string of the molecule is Cc1nn(C)cc1CN1CCCC1c1nc(-c2ccccc2)n[nH]1. The summed E-state index contributed by atoms with van der Waals surface area (Å²) in [6.07, 6.45) is 4.41. The summed E-state index contributed by atoms with van der Waals surface area (Å²) in [5, 5.41) is 12.0. The molecule has 1 N–H and O–H groups in total. The van der Waals surface area contributed by atoms with Crippen LogP contribution < -0.4 is 0 Å². The van der Waals surface area contributed by atoms with E-state index in [2.05, 4.69) is 33.3 Å². The van der Waals surface area contributed by atoms with E-state index < -0.39 is 0 Å². The minimum atomic E-state index is 0.301. The van der Waals surface area contributed by atoms with Crippen LogP contribution in [0.15, 0.2) is 36.5 Å². The van der Waals surface area contributed by atoms with Crippen molar-refractivity contribution in [2.75, 3.05) is 6.54 Å². The number of aromatic nitrogens is 5. The van der Waals surface area contributed by atoms with Gasteiger partial charge in [0.05, 0.1) is 11.7 Å². The van der Waals surface area contributed by atoms with Crippen LogP contribution in [-0.2, 0) is 13.6 Å². The molecule has 3 aromatic rings. The van der Waals surface area contributed by atoms with Crippen LogP contribution in [0, 0.1) is 6.92 Å². The van der Waals surface area contributed by atoms with Crippen LogP contribution in [0.4, 0.5) is 0 Å². The molecule has 0 bridgehead atoms. The third-order valence-electron chi connectivity index (χ3n) is 4.70. The summed E-state index contributed by atoms with van der Waals surface area (Å²) >= 11 is 0. The summed E-state index contributed by atoms with van der Waals surface area (Å²) < 4.78 is 1.89. The number of hydrogen-bond acceptors (Lipinski definition) is 4. The Morgan fingerprint density at radius 1 is 1.25 bits per heavy atom. The molecule has 1 atom stereocenters. The molecule has 0 amide bonds. The topological polar surface area (TPSA) is 62.6 Å². The number of aryl methyl sites for hydroxylation is 2. The molecule has 4 rings (SSSR count). The molecular formula is C18H22N6. The second-order valence-corrected chi connectivity index (χ2v) is 6.45. The van der Waals surface area contributed by atoms with E-state index in [0.717, 1.165) is 42.4 Å². The molecule has 6 nitrogen and oxygen atoms in total. The molecule has 124 valence electrons. The third kappa shape index (κ3) is 2.85. The first kappa shape index (κ1) is 15.1. The Labute approximate surface area is 141 Å². The van der Waals surface area contributed by atoms with E-state index in [1.165, 1.54) is 12.0 Å². The van der Waals surface area contributed by atoms with E-state index >= 15 is 0 Å². The number of likely N-dealkylation sites (tertiary alicyclic amines) is 1. The molecule has 1 fully saturated rings. The maximum atomic E-state index is 4.75. The average molecular weight is 322 g/mol. The normalized spacial score (nSPS) is 18.3. The van der Waals surface area contributed by atoms with Gasteiger partial charge in [-0.05, 0) is 26.3 Å². The zero-order valence-electron chi connectivity index (χ0n) is 14.1. The van der Waals surface area contributed by atoms with Gasteiger partial charge in [0.2, 0.25) is 0 Å². The lowest BCUT2D eigenvalue weighted by Crippen LogP contribution is -2.23. The summed E-state index contributed by atoms with van der Waals surface area (Å²) in [5.74, 6) is 1.74. The van der Waals surface area contributed by atoms with Crippen molar-refractivity contribution in [3.63, 3.8) is 0 Å². The molecule has 0 saturated carbocycles. The second kappa shape index (κ2) is 6.20. The van der Waals surface area contributed by atoms with Crippen molar-refractivity contribution in [3.05, 3.63) is 53.6 Å². The van der Waals surface area contributed by atoms with E-state index in [1.54, 1.807) is 0 Å². The Bertz CT molecular complexity index is 819. The predicted molar refractivity (Wildman–Crippen MR) is 92.1 cm³/mol. The Morgan fingerprint density at radius 3 is 2.83 bits per heavy atom. The maximum Gasteiger partial charge on any atom is 0.181 e. The van der Waals surface area contributed by atoms with E-state index in [4.69, 9.17) is 4.98 Å². The van der Waals surface area contributed by atoms with Gasteiger partial charge in [0.1, 0.15) is 5.82 Å². The molecule has 0 spiro atoms. The molecule has 6 heteroatoms. The molecule has 1 aliphatic heterocycles. The number of rotatable bonds is 4. The van der Waals surface area contributed by atoms with E-state index in [1.807, 2.05) is 42.1 Å². The van der Waals surface area contributed by atoms with Gasteiger partial charge in [-0.15, -0.1) is 0 Å². The lowest BCUT2D eigenvalue weighted by Gasteiger charge is -2.22. The van der Waals surface area contributed by atoms with Gasteiger partial charge in [-0.2, -0.15) is 10.2 Å². The molecular weight excluding hydrogens is 300 g/mol. The lowest BCUT2D eigenvalue weighted by atomic mass is 10.2. The molecule has 2 aromatic heterocycles. The van der Waals surface area contributed by atoms with Crippen molar-refractivity contribution in [3.8, 4) is 11.4 Å². The maximum absolute atomic E-state index is 4.75. The number of nitrogens with one attached hydrogen (secondary N) is 1. The van der Waals surface area contributed by atoms with Gasteiger partial charge >= 0.3 is 0 Å². The number of hydrogen-bond donors (Lipinski definition) is 1. The van der Waals surface area contributed by atoms with E-state index in [9.17, 15) is 0 Å². The summed E-state index contributed by atoms with van der Waals surface area (Å²) in [5.41, 5.74) is 3.44. The fourth-order valence-corrected chi connectivity index (χ4v) is 3.49. The van der Waals surface area contributed by atoms with Crippen molar-refractivity contribution >= 4 is 0 Å². The zero-order valence-corrected chi connectivity index (χ0v) is 14.1. The Kier molecular flexibility index (Phi) is 3.90. The highest BCUT2D eigenvalue weighted by atomic mass is 15.3. The fraction of sp³-hybridized carbons (Fsp3) is 0.389. The highest BCUT2D eigenvalue weighted by Gasteiger charge is 2.29. The quantitative estimate of drug-likeness (QED) is 0.802. The molecule has 24 heavy (non-hydrogen) atoms. The van der Waals surface area contributed by atoms with Crippen molar-refractivity contribution in [1.82, 2.24) is 29.9 Å². The third-order valence-corrected chi connectivity index (χ3v) is 4.70. The molecule has 3 heterocycles. The van der Waals surface area contributed by atoms with Crippen molar-refractivity contribution in [2.45, 2.75) is 32.4 Å². The van der Waals surface area contributed by atoms with Gasteiger partial charge in [0.25, 0.3) is 0 Å². The summed E-state index contributed by atoms with van der Waals surface area (Å²) in [7, 11) is 1.97. The lowest BCUT2D eigenvalue weighted by molar-refractivity contribution is 0.240. The highest BCUT2D eigenvalue weighted by molar-refractivity contribution is 5.53. The first-order chi connectivity index (χ1) is 11.7. The van der Waals surface area contributed by atoms with Crippen LogP contribution in [0.3, 0.4) is 0 Å². The molecule has 0 aliphatic carbocycles. The number of H-pyrrole nitrogens is 1. The molecule has 1 aliphatic rings. The van der Waals surface area contributed by atoms with Gasteiger partial charge < -0.3 is 0 Å². The van der Waals surface area contributed by atoms with Gasteiger partial charge in [-0.3, -0.25) is 14.7 Å². The van der Waals surface area contributed by atoms with E-state index in [-0.39, 0.29) is 0 Å². The minimum Gasteiger partial charge on any atom is -0.289 e. The van der Waals surface area contributed by atoms with Crippen LogP contribution in [0.1, 0.15) is 36.0 Å². The van der Waals surface area contributed by atoms with Crippen LogP contribution in [0.5, 0.6) is 0 Å². The van der Waals surface area contributed by atoms with Crippen LogP contribution in [0.25, 0.3) is 11.4 Å². The summed E-state index contributed by atoms with van der Waals surface area (Å²) in [4.78, 5) is 7.22. The van der Waals surface area contributed by atoms with Gasteiger partial charge in [0.15, 0.2) is 5.82 Å². The smallest absolute Gasteiger partial charge is 0.181 e. The molecule has 1 aromatic carbocycles. The van der Waals surface area contributed by atoms with Crippen molar-refractivity contribution in [1.29, 1.82) is 0 Å². The number of aromatic amines is 1. The number of nitrogens with zero attached hydrogens (tertiary/aromatic N) is 5. The number of benzene rings is 1. The predicted octanol–water partition coefficient (Wildman–Crippen LogP) is 2.85. The van der Waals surface area contributed by atoms with Gasteiger partial charge in [-0.25, -0.2) is 4.98 Å². The molecule has 1 saturated heterocycles. The van der Waals surface area contributed by atoms with Crippen molar-refractivity contribution < 1.29 is 0 Å². The second-order valence-electron chi connectivity index (χ2n) is 6.45. The summed E-state index contributed by atoms with van der Waals surface area (Å²) in [6.45, 7) is 4.06. The monoisotopic (exact) mass is 322 g/mol. The van der Waals surface area contributed by atoms with Crippen molar-refractivity contribution in [2.24, 2.45) is 7.05 Å². The first-order valence-electron chi connectivity index (χ1n) is 8.41. The zero-order chi connectivity index (χ0) is 16.5. The molecule has 0 radical (unpaired) electrons. The van der Waals surface area contributed by atoms with E-state index in [0.29, 0.717) is 6.04 Å². The highest BCUT2D eigenvalue weighted by Crippen LogP contribution is 2.32. The largest absolute Gasteiger partial charge is 0.289 e. The van der Waals surface area contributed by atoms with Gasteiger partial charge in [0, 0.05) is 30.9 Å². The first-order valence-corrected chi connectivity index (χ1v) is 8.41. The molecule has 1 unspecified atom stereocenters. The van der Waals surface area contributed by atoms with Gasteiger partial charge in [-0.1, -0.05) is 30.3 Å². The Hall–Kier alpha value is -2.47. The summed E-state index contributed by atoms with van der Waals surface area (Å²) in [6, 6.07) is 10.4. The standard InChI is InChI=1S/C18H22N6/c1-13-15(11-23(2)22-13)12-24-10-6-9-16(24)18-19-17(20-21-18)14-7-4-3-5-8-14/h3-5,7-8,11,16H,6,9-10,12H2,1-2H3,(H,19,20,21). The Morgan fingerprint density at radius 2 is 2.08 bits per heavy atom. The minimum absolute atomic E-state index is 0.301. The fourth-order valence-electron chi connectivity index (χ4n) is 3.49. The Balaban J connectivity index is 1.55.